The van der Waals surface area contributed by atoms with Gasteiger partial charge in [0.2, 0.25) is 0 Å². The van der Waals surface area contributed by atoms with E-state index in [4.69, 9.17) is 0 Å². The zero-order chi connectivity index (χ0) is 14.6. The van der Waals surface area contributed by atoms with Crippen LogP contribution in [0.15, 0.2) is 30.5 Å². The summed E-state index contributed by atoms with van der Waals surface area (Å²) in [6.07, 6.45) is -1.57. The molecule has 0 saturated carbocycles. The lowest BCUT2D eigenvalue weighted by molar-refractivity contribution is -0.138. The van der Waals surface area contributed by atoms with Crippen LogP contribution in [-0.4, -0.2) is 4.98 Å². The second-order valence-corrected chi connectivity index (χ2v) is 5.53. The van der Waals surface area contributed by atoms with Crippen molar-refractivity contribution in [3.63, 3.8) is 0 Å². The quantitative estimate of drug-likeness (QED) is 0.902. The minimum absolute atomic E-state index is 0.177. The summed E-state index contributed by atoms with van der Waals surface area (Å²) >= 11 is 1.58. The Labute approximate surface area is 119 Å². The second kappa shape index (κ2) is 6.37. The number of aryl methyl sites for hydroxylation is 1. The van der Waals surface area contributed by atoms with E-state index in [1.165, 1.54) is 17.0 Å². The molecule has 2 nitrogen and oxygen atoms in total. The normalized spacial score (nSPS) is 11.8. The lowest BCUT2D eigenvalue weighted by Gasteiger charge is -2.12. The van der Waals surface area contributed by atoms with E-state index in [9.17, 15) is 13.2 Å². The first-order valence-electron chi connectivity index (χ1n) is 6.30. The summed E-state index contributed by atoms with van der Waals surface area (Å²) in [5.74, 6) is 0. The molecule has 0 spiro atoms. The molecule has 0 saturated heterocycles. The Balaban J connectivity index is 1.97. The molecule has 1 heterocycles. The van der Waals surface area contributed by atoms with Crippen LogP contribution in [0.1, 0.15) is 27.9 Å². The maximum Gasteiger partial charge on any atom is 0.416 e. The van der Waals surface area contributed by atoms with Crippen molar-refractivity contribution in [2.75, 3.05) is 0 Å². The molecule has 0 radical (unpaired) electrons. The molecule has 0 atom stereocenters. The summed E-state index contributed by atoms with van der Waals surface area (Å²) in [4.78, 5) is 5.40. The van der Waals surface area contributed by atoms with Gasteiger partial charge in [0.05, 0.1) is 5.56 Å². The Hall–Kier alpha value is -1.40. The van der Waals surface area contributed by atoms with E-state index in [2.05, 4.69) is 10.3 Å². The van der Waals surface area contributed by atoms with Crippen LogP contribution < -0.4 is 5.32 Å². The van der Waals surface area contributed by atoms with Crippen LogP contribution in [0.3, 0.4) is 0 Å². The molecule has 0 aliphatic heterocycles. The monoisotopic (exact) mass is 300 g/mol. The maximum atomic E-state index is 12.8. The Kier molecular flexibility index (Phi) is 4.77. The van der Waals surface area contributed by atoms with Gasteiger partial charge in [-0.25, -0.2) is 4.98 Å². The first-order valence-corrected chi connectivity index (χ1v) is 7.11. The van der Waals surface area contributed by atoms with E-state index < -0.39 is 11.7 Å². The Morgan fingerprint density at radius 1 is 1.20 bits per heavy atom. The first kappa shape index (κ1) is 15.0. The highest BCUT2D eigenvalue weighted by molar-refractivity contribution is 7.11. The van der Waals surface area contributed by atoms with Crippen molar-refractivity contribution in [3.8, 4) is 0 Å². The van der Waals surface area contributed by atoms with Gasteiger partial charge in [0.25, 0.3) is 0 Å². The van der Waals surface area contributed by atoms with Crippen molar-refractivity contribution < 1.29 is 13.2 Å². The van der Waals surface area contributed by atoms with E-state index in [1.54, 1.807) is 17.4 Å². The van der Waals surface area contributed by atoms with Crippen LogP contribution in [0.4, 0.5) is 13.2 Å². The molecular weight excluding hydrogens is 285 g/mol. The summed E-state index contributed by atoms with van der Waals surface area (Å²) in [7, 11) is 0. The number of hydrogen-bond acceptors (Lipinski definition) is 3. The van der Waals surface area contributed by atoms with Crippen molar-refractivity contribution in [1.82, 2.24) is 10.3 Å². The molecular formula is C14H15F3N2S. The minimum atomic E-state index is -4.31. The van der Waals surface area contributed by atoms with E-state index in [-0.39, 0.29) is 12.1 Å². The van der Waals surface area contributed by atoms with Gasteiger partial charge in [-0.1, -0.05) is 25.1 Å². The number of rotatable bonds is 5. The number of nitrogens with one attached hydrogen (secondary N) is 1. The summed E-state index contributed by atoms with van der Waals surface area (Å²) < 4.78 is 38.4. The number of hydrogen-bond donors (Lipinski definition) is 1. The minimum Gasteiger partial charge on any atom is -0.306 e. The third-order valence-electron chi connectivity index (χ3n) is 2.86. The van der Waals surface area contributed by atoms with Crippen molar-refractivity contribution in [2.24, 2.45) is 0 Å². The van der Waals surface area contributed by atoms with Gasteiger partial charge in [-0.15, -0.1) is 11.3 Å². The highest BCUT2D eigenvalue weighted by Crippen LogP contribution is 2.31. The van der Waals surface area contributed by atoms with Gasteiger partial charge in [0, 0.05) is 24.2 Å². The second-order valence-electron chi connectivity index (χ2n) is 4.33. The van der Waals surface area contributed by atoms with Crippen LogP contribution in [0.2, 0.25) is 0 Å². The highest BCUT2D eigenvalue weighted by atomic mass is 32.1. The molecule has 1 N–H and O–H groups in total. The van der Waals surface area contributed by atoms with E-state index in [0.29, 0.717) is 6.54 Å². The van der Waals surface area contributed by atoms with E-state index >= 15 is 0 Å². The van der Waals surface area contributed by atoms with Crippen LogP contribution >= 0.6 is 11.3 Å². The molecule has 0 aliphatic carbocycles. The smallest absolute Gasteiger partial charge is 0.306 e. The molecule has 0 bridgehead atoms. The molecule has 0 unspecified atom stereocenters. The molecule has 0 amide bonds. The molecule has 1 aromatic carbocycles. The first-order chi connectivity index (χ1) is 9.50. The topological polar surface area (TPSA) is 24.9 Å². The molecule has 2 aromatic rings. The largest absolute Gasteiger partial charge is 0.416 e. The van der Waals surface area contributed by atoms with Gasteiger partial charge >= 0.3 is 6.18 Å². The van der Waals surface area contributed by atoms with Gasteiger partial charge in [0.1, 0.15) is 5.01 Å². The van der Waals surface area contributed by atoms with Crippen LogP contribution in [0.5, 0.6) is 0 Å². The van der Waals surface area contributed by atoms with Gasteiger partial charge in [-0.3, -0.25) is 0 Å². The SMILES string of the molecule is CCc1cnc(CNCc2ccccc2C(F)(F)F)s1. The average molecular weight is 300 g/mol. The molecule has 20 heavy (non-hydrogen) atoms. The number of benzene rings is 1. The predicted molar refractivity (Wildman–Crippen MR) is 73.5 cm³/mol. The van der Waals surface area contributed by atoms with E-state index in [1.807, 2.05) is 13.1 Å². The lowest BCUT2D eigenvalue weighted by Crippen LogP contribution is -2.17. The Bertz CT molecular complexity index is 564. The molecule has 0 aliphatic rings. The number of alkyl halides is 3. The zero-order valence-electron chi connectivity index (χ0n) is 11.0. The number of halogens is 3. The van der Waals surface area contributed by atoms with Crippen molar-refractivity contribution in [2.45, 2.75) is 32.6 Å². The molecule has 0 fully saturated rings. The van der Waals surface area contributed by atoms with Crippen molar-refractivity contribution in [3.05, 3.63) is 51.5 Å². The fraction of sp³-hybridized carbons (Fsp3) is 0.357. The molecule has 108 valence electrons. The predicted octanol–water partition coefficient (Wildman–Crippen LogP) is 4.01. The fourth-order valence-corrected chi connectivity index (χ4v) is 2.68. The average Bonchev–Trinajstić information content (AvgIpc) is 2.86. The van der Waals surface area contributed by atoms with Gasteiger partial charge < -0.3 is 5.32 Å². The van der Waals surface area contributed by atoms with Gasteiger partial charge in [-0.05, 0) is 18.1 Å². The third-order valence-corrected chi connectivity index (χ3v) is 4.01. The summed E-state index contributed by atoms with van der Waals surface area (Å²) in [6.45, 7) is 2.71. The molecule has 1 aromatic heterocycles. The standard InChI is InChI=1S/C14H15F3N2S/c1-2-11-8-19-13(20-11)9-18-7-10-5-3-4-6-12(10)14(15,16)17/h3-6,8,18H,2,7,9H2,1H3. The number of aromatic nitrogens is 1. The Morgan fingerprint density at radius 2 is 1.95 bits per heavy atom. The van der Waals surface area contributed by atoms with Crippen molar-refractivity contribution in [1.29, 1.82) is 0 Å². The summed E-state index contributed by atoms with van der Waals surface area (Å²) in [5, 5.41) is 3.91. The summed E-state index contributed by atoms with van der Waals surface area (Å²) in [5.41, 5.74) is -0.326. The van der Waals surface area contributed by atoms with Crippen LogP contribution in [0.25, 0.3) is 0 Å². The van der Waals surface area contributed by atoms with Crippen LogP contribution in [-0.2, 0) is 25.7 Å². The van der Waals surface area contributed by atoms with Crippen LogP contribution in [0, 0.1) is 0 Å². The summed E-state index contributed by atoms with van der Waals surface area (Å²) in [6, 6.07) is 5.62. The number of thiazole rings is 1. The zero-order valence-corrected chi connectivity index (χ0v) is 11.8. The van der Waals surface area contributed by atoms with E-state index in [0.717, 1.165) is 17.5 Å². The maximum absolute atomic E-state index is 12.8. The Morgan fingerprint density at radius 3 is 2.60 bits per heavy atom. The van der Waals surface area contributed by atoms with Crippen molar-refractivity contribution >= 4 is 11.3 Å². The van der Waals surface area contributed by atoms with Gasteiger partial charge in [0.15, 0.2) is 0 Å². The highest BCUT2D eigenvalue weighted by Gasteiger charge is 2.32. The van der Waals surface area contributed by atoms with Gasteiger partial charge in [-0.2, -0.15) is 13.2 Å². The lowest BCUT2D eigenvalue weighted by atomic mass is 10.1. The third kappa shape index (κ3) is 3.80. The molecule has 2 rings (SSSR count). The molecule has 6 heteroatoms. The number of nitrogens with zero attached hydrogens (tertiary/aromatic N) is 1. The fourth-order valence-electron chi connectivity index (χ4n) is 1.85.